The summed E-state index contributed by atoms with van der Waals surface area (Å²) in [5.41, 5.74) is -1.76. The molecule has 1 fully saturated rings. The highest BCUT2D eigenvalue weighted by Gasteiger charge is 2.24. The van der Waals surface area contributed by atoms with Crippen LogP contribution in [0.1, 0.15) is 42.6 Å². The molecule has 17 heavy (non-hydrogen) atoms. The number of hydrogen-bond donors (Lipinski definition) is 2. The van der Waals surface area contributed by atoms with Gasteiger partial charge >= 0.3 is 11.7 Å². The minimum absolute atomic E-state index is 0.00699. The van der Waals surface area contributed by atoms with Crippen molar-refractivity contribution in [1.82, 2.24) is 9.55 Å². The predicted molar refractivity (Wildman–Crippen MR) is 60.3 cm³/mol. The molecular weight excluding hydrogens is 224 g/mol. The van der Waals surface area contributed by atoms with Gasteiger partial charge in [0.15, 0.2) is 0 Å². The average molecular weight is 238 g/mol. The standard InChI is InChI=1S/C11H14N2O4/c1-6-2-3-7(4-6)13-5-8(10(15)16)9(14)12-11(13)17/h5-7H,2-4H2,1H3,(H,15,16)(H,12,14,17). The number of hydrogen-bond acceptors (Lipinski definition) is 3. The molecule has 0 radical (unpaired) electrons. The molecule has 6 nitrogen and oxygen atoms in total. The van der Waals surface area contributed by atoms with Crippen molar-refractivity contribution in [3.63, 3.8) is 0 Å². The maximum atomic E-state index is 11.6. The van der Waals surface area contributed by atoms with Crippen LogP contribution in [0.4, 0.5) is 0 Å². The van der Waals surface area contributed by atoms with Crippen LogP contribution in [0.2, 0.25) is 0 Å². The van der Waals surface area contributed by atoms with Crippen molar-refractivity contribution >= 4 is 5.97 Å². The number of H-pyrrole nitrogens is 1. The van der Waals surface area contributed by atoms with Gasteiger partial charge in [-0.2, -0.15) is 0 Å². The number of carboxylic acid groups (broad SMARTS) is 1. The Hall–Kier alpha value is -1.85. The van der Waals surface area contributed by atoms with E-state index in [0.29, 0.717) is 5.92 Å². The molecule has 1 saturated carbocycles. The Bertz CT molecular complexity index is 557. The predicted octanol–water partition coefficient (Wildman–Crippen LogP) is 0.596. The van der Waals surface area contributed by atoms with E-state index in [0.717, 1.165) is 25.5 Å². The summed E-state index contributed by atoms with van der Waals surface area (Å²) < 4.78 is 1.34. The minimum atomic E-state index is -1.31. The maximum absolute atomic E-state index is 11.6. The molecule has 0 bridgehead atoms. The molecule has 2 N–H and O–H groups in total. The van der Waals surface area contributed by atoms with E-state index in [1.54, 1.807) is 0 Å². The fourth-order valence-electron chi connectivity index (χ4n) is 2.34. The van der Waals surface area contributed by atoms with Crippen molar-refractivity contribution in [2.24, 2.45) is 5.92 Å². The summed E-state index contributed by atoms with van der Waals surface area (Å²) in [4.78, 5) is 35.8. The van der Waals surface area contributed by atoms with Gasteiger partial charge in [0.25, 0.3) is 5.56 Å². The number of nitrogens with zero attached hydrogens (tertiary/aromatic N) is 1. The van der Waals surface area contributed by atoms with Crippen LogP contribution in [0.5, 0.6) is 0 Å². The van der Waals surface area contributed by atoms with Crippen molar-refractivity contribution in [3.05, 3.63) is 32.6 Å². The third-order valence-electron chi connectivity index (χ3n) is 3.26. The van der Waals surface area contributed by atoms with E-state index in [-0.39, 0.29) is 11.6 Å². The zero-order valence-corrected chi connectivity index (χ0v) is 9.47. The molecule has 0 spiro atoms. The smallest absolute Gasteiger partial charge is 0.342 e. The first kappa shape index (κ1) is 11.6. The van der Waals surface area contributed by atoms with Gasteiger partial charge in [0.05, 0.1) is 0 Å². The minimum Gasteiger partial charge on any atom is -0.477 e. The number of aromatic amines is 1. The summed E-state index contributed by atoms with van der Waals surface area (Å²) in [6.07, 6.45) is 3.85. The third kappa shape index (κ3) is 2.15. The van der Waals surface area contributed by atoms with Crippen LogP contribution in [0.25, 0.3) is 0 Å². The Labute approximate surface area is 96.9 Å². The lowest BCUT2D eigenvalue weighted by atomic mass is 10.1. The molecule has 6 heteroatoms. The first-order valence-corrected chi connectivity index (χ1v) is 5.58. The van der Waals surface area contributed by atoms with Crippen molar-refractivity contribution in [2.45, 2.75) is 32.2 Å². The lowest BCUT2D eigenvalue weighted by Gasteiger charge is -2.13. The molecule has 1 aliphatic rings. The number of aromatic carboxylic acids is 1. The van der Waals surface area contributed by atoms with E-state index in [9.17, 15) is 14.4 Å². The Balaban J connectivity index is 2.47. The molecule has 1 heterocycles. The van der Waals surface area contributed by atoms with E-state index in [1.807, 2.05) is 0 Å². The van der Waals surface area contributed by atoms with Crippen LogP contribution < -0.4 is 11.2 Å². The van der Waals surface area contributed by atoms with Gasteiger partial charge < -0.3 is 5.11 Å². The number of carboxylic acids is 1. The first-order valence-electron chi connectivity index (χ1n) is 5.58. The van der Waals surface area contributed by atoms with E-state index >= 15 is 0 Å². The van der Waals surface area contributed by atoms with Crippen molar-refractivity contribution in [3.8, 4) is 0 Å². The molecule has 2 rings (SSSR count). The summed E-state index contributed by atoms with van der Waals surface area (Å²) in [6.45, 7) is 2.09. The van der Waals surface area contributed by atoms with Crippen LogP contribution in [0.3, 0.4) is 0 Å². The van der Waals surface area contributed by atoms with Crippen molar-refractivity contribution in [2.75, 3.05) is 0 Å². The van der Waals surface area contributed by atoms with Crippen LogP contribution >= 0.6 is 0 Å². The highest BCUT2D eigenvalue weighted by atomic mass is 16.4. The number of rotatable bonds is 2. The van der Waals surface area contributed by atoms with E-state index in [2.05, 4.69) is 11.9 Å². The summed E-state index contributed by atoms with van der Waals surface area (Å²) >= 11 is 0. The Morgan fingerprint density at radius 1 is 1.47 bits per heavy atom. The zero-order chi connectivity index (χ0) is 12.6. The Morgan fingerprint density at radius 3 is 2.71 bits per heavy atom. The lowest BCUT2D eigenvalue weighted by molar-refractivity contribution is 0.0693. The molecule has 1 aromatic heterocycles. The largest absolute Gasteiger partial charge is 0.477 e. The molecule has 0 saturated heterocycles. The van der Waals surface area contributed by atoms with Crippen molar-refractivity contribution in [1.29, 1.82) is 0 Å². The normalized spacial score (nSPS) is 23.8. The van der Waals surface area contributed by atoms with Gasteiger partial charge in [-0.25, -0.2) is 9.59 Å². The zero-order valence-electron chi connectivity index (χ0n) is 9.47. The molecule has 92 valence electrons. The fourth-order valence-corrected chi connectivity index (χ4v) is 2.34. The highest BCUT2D eigenvalue weighted by molar-refractivity contribution is 5.86. The van der Waals surface area contributed by atoms with E-state index < -0.39 is 17.2 Å². The van der Waals surface area contributed by atoms with Gasteiger partial charge in [0.2, 0.25) is 0 Å². The quantitative estimate of drug-likeness (QED) is 0.789. The van der Waals surface area contributed by atoms with E-state index in [4.69, 9.17) is 5.11 Å². The maximum Gasteiger partial charge on any atom is 0.342 e. The summed E-state index contributed by atoms with van der Waals surface area (Å²) in [7, 11) is 0. The SMILES string of the molecule is CC1CCC(n2cc(C(=O)O)c(=O)[nH]c2=O)C1. The van der Waals surface area contributed by atoms with Crippen LogP contribution in [-0.2, 0) is 0 Å². The van der Waals surface area contributed by atoms with Crippen LogP contribution in [-0.4, -0.2) is 20.6 Å². The van der Waals surface area contributed by atoms with Crippen LogP contribution in [0.15, 0.2) is 15.8 Å². The summed E-state index contributed by atoms with van der Waals surface area (Å²) in [5.74, 6) is -0.793. The van der Waals surface area contributed by atoms with Gasteiger partial charge in [-0.15, -0.1) is 0 Å². The second-order valence-electron chi connectivity index (χ2n) is 4.59. The van der Waals surface area contributed by atoms with Gasteiger partial charge in [-0.1, -0.05) is 6.92 Å². The number of carbonyl (C=O) groups is 1. The first-order chi connectivity index (χ1) is 7.99. The molecule has 1 aromatic rings. The molecule has 0 aliphatic heterocycles. The van der Waals surface area contributed by atoms with Crippen molar-refractivity contribution < 1.29 is 9.90 Å². The topological polar surface area (TPSA) is 92.2 Å². The molecule has 2 unspecified atom stereocenters. The third-order valence-corrected chi connectivity index (χ3v) is 3.26. The molecule has 0 amide bonds. The summed E-state index contributed by atoms with van der Waals surface area (Å²) in [6, 6.07) is -0.00699. The van der Waals surface area contributed by atoms with Gasteiger partial charge in [0, 0.05) is 12.2 Å². The highest BCUT2D eigenvalue weighted by Crippen LogP contribution is 2.32. The monoisotopic (exact) mass is 238 g/mol. The van der Waals surface area contributed by atoms with E-state index in [1.165, 1.54) is 4.57 Å². The van der Waals surface area contributed by atoms with Crippen LogP contribution in [0, 0.1) is 5.92 Å². The molecule has 0 aromatic carbocycles. The van der Waals surface area contributed by atoms with Gasteiger partial charge in [0.1, 0.15) is 5.56 Å². The number of aromatic nitrogens is 2. The molecule has 2 atom stereocenters. The second-order valence-corrected chi connectivity index (χ2v) is 4.59. The Morgan fingerprint density at radius 2 is 2.18 bits per heavy atom. The molecule has 1 aliphatic carbocycles. The fraction of sp³-hybridized carbons (Fsp3) is 0.545. The van der Waals surface area contributed by atoms with Gasteiger partial charge in [-0.3, -0.25) is 14.3 Å². The second kappa shape index (κ2) is 4.20. The summed E-state index contributed by atoms with van der Waals surface area (Å²) in [5, 5.41) is 8.84. The van der Waals surface area contributed by atoms with Gasteiger partial charge in [-0.05, 0) is 25.2 Å². The molecular formula is C11H14N2O4. The average Bonchev–Trinajstić information content (AvgIpc) is 2.64. The lowest BCUT2D eigenvalue weighted by Crippen LogP contribution is -2.34. The number of nitrogens with one attached hydrogen (secondary N) is 1. The Kier molecular flexibility index (Phi) is 2.87.